The van der Waals surface area contributed by atoms with E-state index in [1.807, 2.05) is 43.3 Å². The Hall–Kier alpha value is -1.99. The van der Waals surface area contributed by atoms with Crippen molar-refractivity contribution in [2.75, 3.05) is 14.2 Å². The zero-order valence-electron chi connectivity index (χ0n) is 14.2. The monoisotopic (exact) mass is 422 g/mol. The molecule has 0 radical (unpaired) electrons. The summed E-state index contributed by atoms with van der Waals surface area (Å²) >= 11 is 4.90. The van der Waals surface area contributed by atoms with Gasteiger partial charge in [0.05, 0.1) is 30.2 Å². The van der Waals surface area contributed by atoms with Crippen molar-refractivity contribution in [3.63, 3.8) is 0 Å². The Labute approximate surface area is 159 Å². The van der Waals surface area contributed by atoms with E-state index in [1.165, 1.54) is 11.8 Å². The fourth-order valence-corrected chi connectivity index (χ4v) is 3.53. The highest BCUT2D eigenvalue weighted by Gasteiger charge is 2.13. The van der Waals surface area contributed by atoms with Gasteiger partial charge in [-0.3, -0.25) is 4.79 Å². The van der Waals surface area contributed by atoms with Gasteiger partial charge in [0.15, 0.2) is 11.5 Å². The van der Waals surface area contributed by atoms with Crippen molar-refractivity contribution in [2.45, 2.75) is 17.1 Å². The number of ether oxygens (including phenoxy) is 2. The van der Waals surface area contributed by atoms with Crippen LogP contribution in [-0.4, -0.2) is 31.6 Å². The van der Waals surface area contributed by atoms with Crippen LogP contribution in [0.5, 0.6) is 11.5 Å². The first-order valence-corrected chi connectivity index (χ1v) is 9.18. The van der Waals surface area contributed by atoms with Gasteiger partial charge in [-0.15, -0.1) is 11.8 Å². The zero-order valence-corrected chi connectivity index (χ0v) is 16.6. The SMILES string of the molecule is COc1cc(/C=N\NC(=O)[C@H](C)Sc2ccccc2)cc(Br)c1OC. The molecular formula is C18H19BrN2O3S. The van der Waals surface area contributed by atoms with Gasteiger partial charge in [0.2, 0.25) is 0 Å². The second kappa shape index (κ2) is 9.48. The second-order valence-corrected chi connectivity index (χ2v) is 7.31. The van der Waals surface area contributed by atoms with Gasteiger partial charge in [-0.25, -0.2) is 5.43 Å². The number of hydrogen-bond acceptors (Lipinski definition) is 5. The van der Waals surface area contributed by atoms with Crippen molar-refractivity contribution in [3.8, 4) is 11.5 Å². The molecule has 1 atom stereocenters. The number of amides is 1. The summed E-state index contributed by atoms with van der Waals surface area (Å²) in [5, 5.41) is 3.77. The average Bonchev–Trinajstić information content (AvgIpc) is 2.61. The first-order valence-electron chi connectivity index (χ1n) is 7.51. The standard InChI is InChI=1S/C18H19BrN2O3S/c1-12(25-14-7-5-4-6-8-14)18(22)21-20-11-13-9-15(19)17(24-3)16(10-13)23-2/h4-12H,1-3H3,(H,21,22)/b20-11-/t12-/m0/s1. The molecule has 2 aromatic rings. The van der Waals surface area contributed by atoms with E-state index in [4.69, 9.17) is 9.47 Å². The van der Waals surface area contributed by atoms with Gasteiger partial charge in [0.25, 0.3) is 5.91 Å². The molecule has 2 rings (SSSR count). The third kappa shape index (κ3) is 5.51. The number of hydrazone groups is 1. The quantitative estimate of drug-likeness (QED) is 0.414. The van der Waals surface area contributed by atoms with Crippen molar-refractivity contribution in [1.82, 2.24) is 5.43 Å². The summed E-state index contributed by atoms with van der Waals surface area (Å²) in [6, 6.07) is 13.4. The van der Waals surface area contributed by atoms with Crippen LogP contribution in [0.4, 0.5) is 0 Å². The molecule has 1 N–H and O–H groups in total. The van der Waals surface area contributed by atoms with Crippen LogP contribution in [0.3, 0.4) is 0 Å². The van der Waals surface area contributed by atoms with Gasteiger partial charge in [0.1, 0.15) is 0 Å². The van der Waals surface area contributed by atoms with E-state index in [-0.39, 0.29) is 11.2 Å². The molecule has 0 saturated carbocycles. The number of benzene rings is 2. The summed E-state index contributed by atoms with van der Waals surface area (Å²) in [4.78, 5) is 13.2. The zero-order chi connectivity index (χ0) is 18.2. The minimum absolute atomic E-state index is 0.162. The number of methoxy groups -OCH3 is 2. The normalized spacial score (nSPS) is 12.0. The van der Waals surface area contributed by atoms with Crippen LogP contribution in [0.15, 0.2) is 56.9 Å². The predicted molar refractivity (Wildman–Crippen MR) is 105 cm³/mol. The van der Waals surface area contributed by atoms with Crippen LogP contribution in [0, 0.1) is 0 Å². The van der Waals surface area contributed by atoms with Crippen LogP contribution >= 0.6 is 27.7 Å². The van der Waals surface area contributed by atoms with E-state index in [2.05, 4.69) is 26.5 Å². The number of carbonyl (C=O) groups excluding carboxylic acids is 1. The maximum absolute atomic E-state index is 12.1. The molecule has 7 heteroatoms. The lowest BCUT2D eigenvalue weighted by Crippen LogP contribution is -2.26. The molecule has 25 heavy (non-hydrogen) atoms. The minimum atomic E-state index is -0.253. The van der Waals surface area contributed by atoms with Gasteiger partial charge in [-0.05, 0) is 52.7 Å². The Morgan fingerprint density at radius 1 is 1.24 bits per heavy atom. The van der Waals surface area contributed by atoms with E-state index in [0.29, 0.717) is 11.5 Å². The highest BCUT2D eigenvalue weighted by Crippen LogP contribution is 2.35. The van der Waals surface area contributed by atoms with E-state index in [0.717, 1.165) is 14.9 Å². The van der Waals surface area contributed by atoms with E-state index < -0.39 is 0 Å². The van der Waals surface area contributed by atoms with E-state index in [9.17, 15) is 4.79 Å². The van der Waals surface area contributed by atoms with E-state index in [1.54, 1.807) is 26.5 Å². The van der Waals surface area contributed by atoms with Crippen molar-refractivity contribution in [2.24, 2.45) is 5.10 Å². The Morgan fingerprint density at radius 3 is 2.60 bits per heavy atom. The van der Waals surface area contributed by atoms with Crippen LogP contribution < -0.4 is 14.9 Å². The minimum Gasteiger partial charge on any atom is -0.493 e. The van der Waals surface area contributed by atoms with Gasteiger partial charge in [-0.2, -0.15) is 5.10 Å². The Kier molecular flexibility index (Phi) is 7.33. The third-order valence-electron chi connectivity index (χ3n) is 3.27. The summed E-state index contributed by atoms with van der Waals surface area (Å²) in [6.45, 7) is 1.84. The van der Waals surface area contributed by atoms with Crippen molar-refractivity contribution < 1.29 is 14.3 Å². The fourth-order valence-electron chi connectivity index (χ4n) is 2.03. The molecule has 1 amide bonds. The van der Waals surface area contributed by atoms with Crippen LogP contribution in [0.1, 0.15) is 12.5 Å². The maximum atomic E-state index is 12.1. The Morgan fingerprint density at radius 2 is 1.96 bits per heavy atom. The largest absolute Gasteiger partial charge is 0.493 e. The van der Waals surface area contributed by atoms with Crippen LogP contribution in [0.2, 0.25) is 0 Å². The number of nitrogens with one attached hydrogen (secondary N) is 1. The molecule has 0 aliphatic carbocycles. The Balaban J connectivity index is 1.98. The second-order valence-electron chi connectivity index (χ2n) is 5.05. The number of carbonyl (C=O) groups is 1. The van der Waals surface area contributed by atoms with Crippen molar-refractivity contribution >= 4 is 39.8 Å². The van der Waals surface area contributed by atoms with E-state index >= 15 is 0 Å². The number of thioether (sulfide) groups is 1. The topological polar surface area (TPSA) is 59.9 Å². The lowest BCUT2D eigenvalue weighted by Gasteiger charge is -2.10. The molecule has 0 aromatic heterocycles. The van der Waals surface area contributed by atoms with Gasteiger partial charge in [-0.1, -0.05) is 18.2 Å². The number of rotatable bonds is 7. The molecule has 0 saturated heterocycles. The Bertz CT molecular complexity index is 753. The lowest BCUT2D eigenvalue weighted by molar-refractivity contribution is -0.120. The summed E-state index contributed by atoms with van der Waals surface area (Å²) in [5.74, 6) is 1.03. The smallest absolute Gasteiger partial charge is 0.253 e. The van der Waals surface area contributed by atoms with Crippen molar-refractivity contribution in [1.29, 1.82) is 0 Å². The molecule has 2 aromatic carbocycles. The first kappa shape index (κ1) is 19.3. The number of nitrogens with zero attached hydrogens (tertiary/aromatic N) is 1. The molecule has 5 nitrogen and oxygen atoms in total. The molecule has 0 aliphatic heterocycles. The molecule has 0 bridgehead atoms. The summed E-state index contributed by atoms with van der Waals surface area (Å²) in [7, 11) is 3.14. The molecule has 0 heterocycles. The summed E-state index contributed by atoms with van der Waals surface area (Å²) in [5.41, 5.74) is 3.33. The summed E-state index contributed by atoms with van der Waals surface area (Å²) < 4.78 is 11.3. The van der Waals surface area contributed by atoms with Gasteiger partial charge >= 0.3 is 0 Å². The molecule has 0 aliphatic rings. The molecule has 0 spiro atoms. The lowest BCUT2D eigenvalue weighted by atomic mass is 10.2. The fraction of sp³-hybridized carbons (Fsp3) is 0.222. The number of halogens is 1. The maximum Gasteiger partial charge on any atom is 0.253 e. The highest BCUT2D eigenvalue weighted by molar-refractivity contribution is 9.10. The van der Waals surface area contributed by atoms with Crippen LogP contribution in [0.25, 0.3) is 0 Å². The molecule has 0 fully saturated rings. The van der Waals surface area contributed by atoms with Crippen molar-refractivity contribution in [3.05, 3.63) is 52.5 Å². The first-order chi connectivity index (χ1) is 12.0. The molecular weight excluding hydrogens is 404 g/mol. The van der Waals surface area contributed by atoms with Gasteiger partial charge in [0, 0.05) is 4.90 Å². The third-order valence-corrected chi connectivity index (χ3v) is 4.97. The predicted octanol–water partition coefficient (Wildman–Crippen LogP) is 4.10. The highest BCUT2D eigenvalue weighted by atomic mass is 79.9. The molecule has 0 unspecified atom stereocenters. The molecule has 132 valence electrons. The average molecular weight is 423 g/mol. The van der Waals surface area contributed by atoms with Crippen LogP contribution in [-0.2, 0) is 4.79 Å². The van der Waals surface area contributed by atoms with Gasteiger partial charge < -0.3 is 9.47 Å². The summed E-state index contributed by atoms with van der Waals surface area (Å²) in [6.07, 6.45) is 1.56. The number of hydrogen-bond donors (Lipinski definition) is 1.